The molecule has 0 amide bonds. The van der Waals surface area contributed by atoms with E-state index in [0.29, 0.717) is 19.2 Å². The first-order valence-corrected chi connectivity index (χ1v) is 4.57. The highest BCUT2D eigenvalue weighted by Crippen LogP contribution is 2.17. The van der Waals surface area contributed by atoms with Gasteiger partial charge in [0.1, 0.15) is 24.5 Å². The Balaban J connectivity index is 2.25. The molecule has 0 radical (unpaired) electrons. The van der Waals surface area contributed by atoms with Crippen LogP contribution in [0, 0.1) is 0 Å². The molecular weight excluding hydrogens is 196 g/mol. The number of nitrogens with zero attached hydrogens (tertiary/aromatic N) is 3. The van der Waals surface area contributed by atoms with Gasteiger partial charge in [0.2, 0.25) is 0 Å². The second-order valence-electron chi connectivity index (χ2n) is 3.04. The number of hydrogen-bond acceptors (Lipinski definition) is 5. The van der Waals surface area contributed by atoms with Gasteiger partial charge in [-0.15, -0.1) is 0 Å². The summed E-state index contributed by atoms with van der Waals surface area (Å²) in [7, 11) is 0. The average Bonchev–Trinajstić information content (AvgIpc) is 2.64. The van der Waals surface area contributed by atoms with Gasteiger partial charge in [-0.3, -0.25) is 0 Å². The predicted octanol–water partition coefficient (Wildman–Crippen LogP) is -0.0201. The molecule has 15 heavy (non-hydrogen) atoms. The molecule has 0 bridgehead atoms. The Hall–Kier alpha value is -1.66. The molecule has 2 rings (SSSR count). The minimum atomic E-state index is 0.0102. The quantitative estimate of drug-likeness (QED) is 0.689. The van der Waals surface area contributed by atoms with Gasteiger partial charge in [-0.25, -0.2) is 9.97 Å². The molecule has 80 valence electrons. The number of hydrogen-bond donors (Lipinski definition) is 2. The summed E-state index contributed by atoms with van der Waals surface area (Å²) in [6.07, 6.45) is 3.24. The highest BCUT2D eigenvalue weighted by Gasteiger charge is 2.05. The lowest BCUT2D eigenvalue weighted by molar-refractivity contribution is 0.0502. The second-order valence-corrected chi connectivity index (χ2v) is 3.04. The van der Waals surface area contributed by atoms with Crippen LogP contribution in [-0.2, 0) is 11.5 Å². The van der Waals surface area contributed by atoms with Gasteiger partial charge in [0.25, 0.3) is 0 Å². The van der Waals surface area contributed by atoms with Crippen LogP contribution in [0.2, 0.25) is 0 Å². The van der Waals surface area contributed by atoms with Crippen LogP contribution in [-0.4, -0.2) is 32.9 Å². The van der Waals surface area contributed by atoms with E-state index in [1.807, 2.05) is 16.8 Å². The smallest absolute Gasteiger partial charge is 0.147 e. The SMILES string of the molecule is Nc1ncnc2c1ccn2COCCO. The third-order valence-electron chi connectivity index (χ3n) is 2.05. The van der Waals surface area contributed by atoms with Gasteiger partial charge in [0.05, 0.1) is 18.6 Å². The van der Waals surface area contributed by atoms with E-state index in [2.05, 4.69) is 9.97 Å². The molecule has 0 aliphatic rings. The fraction of sp³-hybridized carbons (Fsp3) is 0.333. The van der Waals surface area contributed by atoms with Gasteiger partial charge in [-0.05, 0) is 6.07 Å². The van der Waals surface area contributed by atoms with E-state index in [4.69, 9.17) is 15.6 Å². The molecule has 6 nitrogen and oxygen atoms in total. The molecule has 2 heterocycles. The van der Waals surface area contributed by atoms with E-state index in [9.17, 15) is 0 Å². The van der Waals surface area contributed by atoms with Gasteiger partial charge in [-0.1, -0.05) is 0 Å². The van der Waals surface area contributed by atoms with E-state index in [1.54, 1.807) is 0 Å². The molecule has 0 aromatic carbocycles. The lowest BCUT2D eigenvalue weighted by atomic mass is 10.4. The normalized spacial score (nSPS) is 11.0. The Labute approximate surface area is 86.3 Å². The van der Waals surface area contributed by atoms with Crippen molar-refractivity contribution in [1.29, 1.82) is 0 Å². The predicted molar refractivity (Wildman–Crippen MR) is 55.0 cm³/mol. The van der Waals surface area contributed by atoms with Crippen molar-refractivity contribution in [2.45, 2.75) is 6.73 Å². The first-order chi connectivity index (χ1) is 7.33. The number of ether oxygens (including phenoxy) is 1. The van der Waals surface area contributed by atoms with E-state index in [0.717, 1.165) is 11.0 Å². The van der Waals surface area contributed by atoms with Gasteiger partial charge in [0, 0.05) is 6.20 Å². The summed E-state index contributed by atoms with van der Waals surface area (Å²) in [4.78, 5) is 8.00. The van der Waals surface area contributed by atoms with Crippen molar-refractivity contribution in [3.8, 4) is 0 Å². The zero-order valence-electron chi connectivity index (χ0n) is 8.13. The first-order valence-electron chi connectivity index (χ1n) is 4.57. The molecule has 2 aromatic heterocycles. The molecule has 0 spiro atoms. The van der Waals surface area contributed by atoms with E-state index in [-0.39, 0.29) is 6.61 Å². The number of aliphatic hydroxyl groups excluding tert-OH is 1. The van der Waals surface area contributed by atoms with Crippen LogP contribution in [0.4, 0.5) is 5.82 Å². The van der Waals surface area contributed by atoms with Crippen LogP contribution in [0.3, 0.4) is 0 Å². The summed E-state index contributed by atoms with van der Waals surface area (Å²) in [6.45, 7) is 0.664. The van der Waals surface area contributed by atoms with Crippen LogP contribution in [0.25, 0.3) is 11.0 Å². The summed E-state index contributed by atoms with van der Waals surface area (Å²) in [5.41, 5.74) is 6.42. The molecule has 0 fully saturated rings. The summed E-state index contributed by atoms with van der Waals surface area (Å²) in [5.74, 6) is 0.459. The number of fused-ring (bicyclic) bond motifs is 1. The Bertz CT molecular complexity index is 454. The minimum Gasteiger partial charge on any atom is -0.394 e. The highest BCUT2D eigenvalue weighted by atomic mass is 16.5. The lowest BCUT2D eigenvalue weighted by Crippen LogP contribution is -2.05. The average molecular weight is 208 g/mol. The minimum absolute atomic E-state index is 0.0102. The van der Waals surface area contributed by atoms with Crippen LogP contribution >= 0.6 is 0 Å². The van der Waals surface area contributed by atoms with Crippen molar-refractivity contribution in [3.05, 3.63) is 18.6 Å². The largest absolute Gasteiger partial charge is 0.394 e. The molecule has 0 saturated carbocycles. The van der Waals surface area contributed by atoms with Crippen molar-refractivity contribution < 1.29 is 9.84 Å². The van der Waals surface area contributed by atoms with Crippen LogP contribution in [0.15, 0.2) is 18.6 Å². The maximum atomic E-state index is 8.57. The van der Waals surface area contributed by atoms with Gasteiger partial charge >= 0.3 is 0 Å². The lowest BCUT2D eigenvalue weighted by Gasteiger charge is -2.04. The number of nitrogens with two attached hydrogens (primary N) is 1. The van der Waals surface area contributed by atoms with Crippen molar-refractivity contribution in [2.24, 2.45) is 0 Å². The fourth-order valence-electron chi connectivity index (χ4n) is 1.35. The monoisotopic (exact) mass is 208 g/mol. The van der Waals surface area contributed by atoms with Gasteiger partial charge < -0.3 is 20.1 Å². The molecule has 0 aliphatic heterocycles. The van der Waals surface area contributed by atoms with Crippen LogP contribution < -0.4 is 5.73 Å². The summed E-state index contributed by atoms with van der Waals surface area (Å²) in [6, 6.07) is 1.84. The van der Waals surface area contributed by atoms with E-state index in [1.165, 1.54) is 6.33 Å². The van der Waals surface area contributed by atoms with Gasteiger partial charge in [0.15, 0.2) is 0 Å². The van der Waals surface area contributed by atoms with Crippen molar-refractivity contribution in [3.63, 3.8) is 0 Å². The number of rotatable bonds is 4. The summed E-state index contributed by atoms with van der Waals surface area (Å²) < 4.78 is 7.00. The summed E-state index contributed by atoms with van der Waals surface area (Å²) >= 11 is 0. The molecule has 0 aliphatic carbocycles. The second kappa shape index (κ2) is 4.24. The first kappa shape index (κ1) is 9.88. The van der Waals surface area contributed by atoms with Crippen molar-refractivity contribution >= 4 is 16.9 Å². The number of aromatic nitrogens is 3. The van der Waals surface area contributed by atoms with Crippen LogP contribution in [0.5, 0.6) is 0 Å². The molecule has 0 unspecified atom stereocenters. The third kappa shape index (κ3) is 1.90. The van der Waals surface area contributed by atoms with Crippen molar-refractivity contribution in [2.75, 3.05) is 18.9 Å². The molecule has 3 N–H and O–H groups in total. The standard InChI is InChI=1S/C9H12N4O2/c10-8-7-1-2-13(6-15-4-3-14)9(7)12-5-11-8/h1-2,5,14H,3-4,6H2,(H2,10,11,12). The molecule has 0 atom stereocenters. The Morgan fingerprint density at radius 1 is 1.47 bits per heavy atom. The molecule has 0 saturated heterocycles. The maximum Gasteiger partial charge on any atom is 0.147 e. The number of nitrogen functional groups attached to an aromatic ring is 1. The Kier molecular flexibility index (Phi) is 2.79. The number of anilines is 1. The topological polar surface area (TPSA) is 86.2 Å². The zero-order valence-corrected chi connectivity index (χ0v) is 8.13. The highest BCUT2D eigenvalue weighted by molar-refractivity contribution is 5.85. The fourth-order valence-corrected chi connectivity index (χ4v) is 1.35. The number of aliphatic hydroxyl groups is 1. The van der Waals surface area contributed by atoms with Gasteiger partial charge in [-0.2, -0.15) is 0 Å². The maximum absolute atomic E-state index is 8.57. The van der Waals surface area contributed by atoms with E-state index < -0.39 is 0 Å². The van der Waals surface area contributed by atoms with Crippen LogP contribution in [0.1, 0.15) is 0 Å². The Morgan fingerprint density at radius 2 is 2.33 bits per heavy atom. The third-order valence-corrected chi connectivity index (χ3v) is 2.05. The van der Waals surface area contributed by atoms with E-state index >= 15 is 0 Å². The molecular formula is C9H12N4O2. The zero-order chi connectivity index (χ0) is 10.7. The molecule has 6 heteroatoms. The summed E-state index contributed by atoms with van der Waals surface area (Å²) in [5, 5.41) is 9.38. The Morgan fingerprint density at radius 3 is 3.13 bits per heavy atom. The molecule has 2 aromatic rings. The van der Waals surface area contributed by atoms with Crippen molar-refractivity contribution in [1.82, 2.24) is 14.5 Å².